The van der Waals surface area contributed by atoms with Crippen molar-refractivity contribution in [3.05, 3.63) is 60.2 Å². The molecule has 3 aliphatic rings. The van der Waals surface area contributed by atoms with Gasteiger partial charge in [0.1, 0.15) is 11.8 Å². The zero-order valence-electron chi connectivity index (χ0n) is 21.3. The van der Waals surface area contributed by atoms with E-state index in [1.807, 2.05) is 37.3 Å². The third-order valence-corrected chi connectivity index (χ3v) is 10.3. The maximum atomic E-state index is 14.2. The molecule has 3 aliphatic heterocycles. The Morgan fingerprint density at radius 2 is 1.84 bits per heavy atom. The van der Waals surface area contributed by atoms with E-state index in [1.54, 1.807) is 55.1 Å². The van der Waals surface area contributed by atoms with Gasteiger partial charge in [-0.25, -0.2) is 0 Å². The van der Waals surface area contributed by atoms with E-state index in [2.05, 4.69) is 10.6 Å². The van der Waals surface area contributed by atoms with Crippen molar-refractivity contribution in [2.24, 2.45) is 11.8 Å². The Hall–Kier alpha value is -3.04. The second kappa shape index (κ2) is 9.68. The van der Waals surface area contributed by atoms with E-state index < -0.39 is 33.4 Å². The van der Waals surface area contributed by atoms with E-state index in [9.17, 15) is 19.5 Å². The molecule has 3 saturated heterocycles. The van der Waals surface area contributed by atoms with Gasteiger partial charge in [-0.3, -0.25) is 14.4 Å². The van der Waals surface area contributed by atoms with Gasteiger partial charge in [0.05, 0.1) is 36.3 Å². The number of rotatable bonds is 8. The summed E-state index contributed by atoms with van der Waals surface area (Å²) in [5, 5.41) is 16.2. The van der Waals surface area contributed by atoms with Crippen LogP contribution >= 0.6 is 11.8 Å². The van der Waals surface area contributed by atoms with Crippen LogP contribution in [0.2, 0.25) is 0 Å². The smallest absolute Gasteiger partial charge is 0.248 e. The summed E-state index contributed by atoms with van der Waals surface area (Å²) in [5.74, 6) is -1.21. The summed E-state index contributed by atoms with van der Waals surface area (Å²) >= 11 is 1.61. The molecule has 2 aromatic carbocycles. The van der Waals surface area contributed by atoms with Crippen molar-refractivity contribution >= 4 is 35.2 Å². The highest BCUT2D eigenvalue weighted by Crippen LogP contribution is 2.71. The number of nitrogens with zero attached hydrogens (tertiary/aromatic N) is 1. The molecule has 37 heavy (non-hydrogen) atoms. The van der Waals surface area contributed by atoms with Crippen LogP contribution in [0.3, 0.4) is 0 Å². The number of aliphatic hydroxyl groups is 1. The molecule has 2 unspecified atom stereocenters. The lowest BCUT2D eigenvalue weighted by Crippen LogP contribution is -2.55. The highest BCUT2D eigenvalue weighted by Gasteiger charge is 2.77. The Bertz CT molecular complexity index is 1190. The Morgan fingerprint density at radius 3 is 2.46 bits per heavy atom. The Kier molecular flexibility index (Phi) is 6.70. The molecule has 3 N–H and O–H groups in total. The molecule has 2 aromatic rings. The van der Waals surface area contributed by atoms with Crippen LogP contribution in [0.1, 0.15) is 25.3 Å². The van der Waals surface area contributed by atoms with Crippen molar-refractivity contribution in [3.8, 4) is 5.75 Å². The molecule has 8 nitrogen and oxygen atoms in total. The maximum Gasteiger partial charge on any atom is 0.248 e. The lowest BCUT2D eigenvalue weighted by atomic mass is 9.66. The average Bonchev–Trinajstić information content (AvgIpc) is 3.48. The molecule has 1 spiro atoms. The number of thioether (sulfide) groups is 1. The van der Waals surface area contributed by atoms with Crippen molar-refractivity contribution in [3.63, 3.8) is 0 Å². The largest absolute Gasteiger partial charge is 0.497 e. The zero-order chi connectivity index (χ0) is 26.4. The second-order valence-electron chi connectivity index (χ2n) is 10.3. The number of methoxy groups -OCH3 is 1. The summed E-state index contributed by atoms with van der Waals surface area (Å²) in [6.45, 7) is 1.75. The fourth-order valence-electron chi connectivity index (χ4n) is 6.64. The van der Waals surface area contributed by atoms with Crippen LogP contribution in [-0.2, 0) is 20.8 Å². The fourth-order valence-corrected chi connectivity index (χ4v) is 8.98. The summed E-state index contributed by atoms with van der Waals surface area (Å²) < 4.78 is 4.05. The van der Waals surface area contributed by atoms with Crippen molar-refractivity contribution in [1.82, 2.24) is 10.2 Å². The predicted molar refractivity (Wildman–Crippen MR) is 142 cm³/mol. The number of nitrogens with one attached hydrogen (secondary N) is 2. The standard InChI is InChI=1S/C28H33N3O5S/c1-27-13-14-28(37-27)22(21(27)24(33)29-2)26(35)31(19(16-32)15-17-7-5-4-6-8-17)23(28)25(34)30-18-9-11-20(36-3)12-10-18/h4-12,19,21-23,32H,13-16H2,1-3H3,(H,29,33)(H,30,34)/t19-,21+,22+,23?,27-,28?/m1/s1. The number of carbonyl (C=O) groups excluding carboxylic acids is 3. The Labute approximate surface area is 221 Å². The number of benzene rings is 2. The minimum atomic E-state index is -0.825. The predicted octanol–water partition coefficient (Wildman–Crippen LogP) is 2.46. The highest BCUT2D eigenvalue weighted by molar-refractivity contribution is 8.02. The molecular formula is C28H33N3O5S. The molecule has 6 atom stereocenters. The molecule has 0 radical (unpaired) electrons. The molecule has 9 heteroatoms. The van der Waals surface area contributed by atoms with Gasteiger partial charge >= 0.3 is 0 Å². The summed E-state index contributed by atoms with van der Waals surface area (Å²) in [7, 11) is 3.17. The summed E-state index contributed by atoms with van der Waals surface area (Å²) in [4.78, 5) is 42.9. The number of aliphatic hydroxyl groups excluding tert-OH is 1. The van der Waals surface area contributed by atoms with Crippen molar-refractivity contribution < 1.29 is 24.2 Å². The first kappa shape index (κ1) is 25.6. The summed E-state index contributed by atoms with van der Waals surface area (Å²) in [6.07, 6.45) is 1.80. The van der Waals surface area contributed by atoms with Crippen LogP contribution in [0.15, 0.2) is 54.6 Å². The van der Waals surface area contributed by atoms with Gasteiger partial charge in [0.25, 0.3) is 0 Å². The Balaban J connectivity index is 1.55. The average molecular weight is 524 g/mol. The third kappa shape index (κ3) is 4.08. The van der Waals surface area contributed by atoms with Crippen LogP contribution in [0, 0.1) is 11.8 Å². The van der Waals surface area contributed by atoms with Crippen LogP contribution in [0.5, 0.6) is 5.75 Å². The number of amides is 3. The van der Waals surface area contributed by atoms with Gasteiger partial charge < -0.3 is 25.4 Å². The SMILES string of the molecule is CNC(=O)[C@@H]1[C@H]2C(=O)N([C@@H](CO)Cc3ccccc3)C(C(=O)Nc3ccc(OC)cc3)C23CC[C@@]1(C)S3. The van der Waals surface area contributed by atoms with E-state index in [0.29, 0.717) is 24.3 Å². The summed E-state index contributed by atoms with van der Waals surface area (Å²) in [6, 6.07) is 15.3. The van der Waals surface area contributed by atoms with E-state index >= 15 is 0 Å². The Morgan fingerprint density at radius 1 is 1.14 bits per heavy atom. The van der Waals surface area contributed by atoms with Crippen LogP contribution in [0.4, 0.5) is 5.69 Å². The fraction of sp³-hybridized carbons (Fsp3) is 0.464. The van der Waals surface area contributed by atoms with Gasteiger partial charge in [0, 0.05) is 17.5 Å². The number of carbonyl (C=O) groups is 3. The van der Waals surface area contributed by atoms with E-state index in [0.717, 1.165) is 12.0 Å². The molecule has 3 heterocycles. The molecule has 0 aliphatic carbocycles. The lowest BCUT2D eigenvalue weighted by molar-refractivity contribution is -0.142. The van der Waals surface area contributed by atoms with Gasteiger partial charge in [-0.05, 0) is 56.0 Å². The number of ether oxygens (including phenoxy) is 1. The minimum absolute atomic E-state index is 0.172. The first-order chi connectivity index (χ1) is 17.8. The topological polar surface area (TPSA) is 108 Å². The van der Waals surface area contributed by atoms with E-state index in [4.69, 9.17) is 4.74 Å². The van der Waals surface area contributed by atoms with Gasteiger partial charge in [0.15, 0.2) is 0 Å². The molecular weight excluding hydrogens is 490 g/mol. The van der Waals surface area contributed by atoms with Crippen LogP contribution in [-0.4, -0.2) is 70.1 Å². The molecule has 5 rings (SSSR count). The number of anilines is 1. The number of hydrogen-bond acceptors (Lipinski definition) is 6. The molecule has 0 aromatic heterocycles. The number of fused-ring (bicyclic) bond motifs is 1. The first-order valence-electron chi connectivity index (χ1n) is 12.6. The van der Waals surface area contributed by atoms with Gasteiger partial charge in [0.2, 0.25) is 17.7 Å². The van der Waals surface area contributed by atoms with Gasteiger partial charge in [-0.15, -0.1) is 11.8 Å². The van der Waals surface area contributed by atoms with Crippen LogP contribution in [0.25, 0.3) is 0 Å². The number of hydrogen-bond donors (Lipinski definition) is 3. The minimum Gasteiger partial charge on any atom is -0.497 e. The lowest BCUT2D eigenvalue weighted by Gasteiger charge is -2.37. The summed E-state index contributed by atoms with van der Waals surface area (Å²) in [5.41, 5.74) is 1.55. The van der Waals surface area contributed by atoms with E-state index in [-0.39, 0.29) is 24.3 Å². The monoisotopic (exact) mass is 523 g/mol. The normalized spacial score (nSPS) is 30.6. The van der Waals surface area contributed by atoms with Crippen molar-refractivity contribution in [1.29, 1.82) is 0 Å². The van der Waals surface area contributed by atoms with Crippen LogP contribution < -0.4 is 15.4 Å². The van der Waals surface area contributed by atoms with Crippen molar-refractivity contribution in [2.75, 3.05) is 26.1 Å². The molecule has 0 saturated carbocycles. The molecule has 3 fully saturated rings. The second-order valence-corrected chi connectivity index (χ2v) is 12.2. The maximum absolute atomic E-state index is 14.2. The third-order valence-electron chi connectivity index (χ3n) is 8.27. The molecule has 3 amide bonds. The van der Waals surface area contributed by atoms with Gasteiger partial charge in [-0.1, -0.05) is 30.3 Å². The highest BCUT2D eigenvalue weighted by atomic mass is 32.2. The van der Waals surface area contributed by atoms with Gasteiger partial charge in [-0.2, -0.15) is 0 Å². The molecule has 196 valence electrons. The van der Waals surface area contributed by atoms with E-state index in [1.165, 1.54) is 0 Å². The first-order valence-corrected chi connectivity index (χ1v) is 13.4. The zero-order valence-corrected chi connectivity index (χ0v) is 22.1. The number of likely N-dealkylation sites (tertiary alicyclic amines) is 1. The van der Waals surface area contributed by atoms with Crippen molar-refractivity contribution in [2.45, 2.75) is 47.8 Å². The quantitative estimate of drug-likeness (QED) is 0.491. The molecule has 2 bridgehead atoms.